The molecule has 0 saturated carbocycles. The van der Waals surface area contributed by atoms with Gasteiger partial charge in [0.05, 0.1) is 25.4 Å². The number of anilines is 1. The minimum absolute atomic E-state index is 0.0567. The van der Waals surface area contributed by atoms with Crippen LogP contribution in [0.1, 0.15) is 5.01 Å². The Kier molecular flexibility index (Phi) is 4.43. The van der Waals surface area contributed by atoms with Crippen LogP contribution in [-0.4, -0.2) is 13.4 Å². The summed E-state index contributed by atoms with van der Waals surface area (Å²) in [6, 6.07) is 5.20. The van der Waals surface area contributed by atoms with Gasteiger partial charge in [-0.15, -0.1) is 22.7 Å². The van der Waals surface area contributed by atoms with E-state index in [0.717, 1.165) is 26.6 Å². The van der Waals surface area contributed by atoms with E-state index in [1.54, 1.807) is 23.5 Å². The number of aryl methyl sites for hydroxylation is 1. The van der Waals surface area contributed by atoms with Crippen LogP contribution in [0.25, 0.3) is 10.2 Å². The van der Waals surface area contributed by atoms with Gasteiger partial charge in [0.25, 0.3) is 10.0 Å². The smallest absolute Gasteiger partial charge is 0.265 e. The quantitative estimate of drug-likeness (QED) is 0.561. The van der Waals surface area contributed by atoms with E-state index in [4.69, 9.17) is 23.2 Å². The van der Waals surface area contributed by atoms with Crippen molar-refractivity contribution in [1.29, 1.82) is 0 Å². The van der Waals surface area contributed by atoms with Gasteiger partial charge in [-0.1, -0.05) is 23.2 Å². The topological polar surface area (TPSA) is 59.1 Å². The van der Waals surface area contributed by atoms with Crippen molar-refractivity contribution in [2.75, 3.05) is 4.72 Å². The minimum atomic E-state index is -3.84. The zero-order valence-corrected chi connectivity index (χ0v) is 16.4. The minimum Gasteiger partial charge on any atom is -0.279 e. The van der Waals surface area contributed by atoms with Gasteiger partial charge >= 0.3 is 0 Å². The Morgan fingerprint density at radius 3 is 2.59 bits per heavy atom. The number of nitrogens with zero attached hydrogens (tertiary/aromatic N) is 1. The average Bonchev–Trinajstić information content (AvgIpc) is 2.88. The average molecular weight is 458 g/mol. The lowest BCUT2D eigenvalue weighted by molar-refractivity contribution is 0.601. The maximum Gasteiger partial charge on any atom is 0.265 e. The van der Waals surface area contributed by atoms with Gasteiger partial charge in [0.1, 0.15) is 13.6 Å². The van der Waals surface area contributed by atoms with E-state index in [1.165, 1.54) is 0 Å². The second kappa shape index (κ2) is 5.92. The van der Waals surface area contributed by atoms with Gasteiger partial charge in [-0.2, -0.15) is 0 Å². The van der Waals surface area contributed by atoms with E-state index in [9.17, 15) is 8.42 Å². The van der Waals surface area contributed by atoms with E-state index in [1.807, 2.05) is 13.0 Å². The van der Waals surface area contributed by atoms with Crippen LogP contribution in [0.4, 0.5) is 5.69 Å². The molecule has 2 heterocycles. The molecule has 3 rings (SSSR count). The highest BCUT2D eigenvalue weighted by Crippen LogP contribution is 2.43. The highest BCUT2D eigenvalue weighted by atomic mass is 79.9. The fraction of sp³-hybridized carbons (Fsp3) is 0.0833. The summed E-state index contributed by atoms with van der Waals surface area (Å²) in [4.78, 5) is 4.29. The molecule has 1 N–H and O–H groups in total. The fourth-order valence-electron chi connectivity index (χ4n) is 1.88. The number of thiazole rings is 1. The molecule has 0 unspecified atom stereocenters. The van der Waals surface area contributed by atoms with Crippen LogP contribution in [0.2, 0.25) is 8.67 Å². The summed E-state index contributed by atoms with van der Waals surface area (Å²) in [5.74, 6) is 0. The molecule has 0 atom stereocenters. The normalized spacial score (nSPS) is 12.0. The molecule has 4 nitrogen and oxygen atoms in total. The molecule has 0 aliphatic heterocycles. The second-order valence-corrected chi connectivity index (χ2v) is 10.2. The molecule has 0 spiro atoms. The van der Waals surface area contributed by atoms with Crippen molar-refractivity contribution in [3.63, 3.8) is 0 Å². The van der Waals surface area contributed by atoms with Crippen molar-refractivity contribution >= 4 is 87.7 Å². The predicted molar refractivity (Wildman–Crippen MR) is 97.2 cm³/mol. The molecule has 0 bridgehead atoms. The predicted octanol–water partition coefficient (Wildman–Crippen LogP) is 5.54. The molecule has 3 aromatic rings. The van der Waals surface area contributed by atoms with Gasteiger partial charge in [-0.3, -0.25) is 4.72 Å². The molecule has 0 radical (unpaired) electrons. The standard InChI is InChI=1S/C12H7BrCl2N2O2S3/c1-5-16-7-4-6(2-3-8(7)20-5)17-22(18,19)10-9(13)11(14)21-12(10)15/h2-4,17H,1H3. The number of benzene rings is 1. The van der Waals surface area contributed by atoms with Crippen molar-refractivity contribution in [1.82, 2.24) is 4.98 Å². The fourth-order valence-corrected chi connectivity index (χ4v) is 7.30. The lowest BCUT2D eigenvalue weighted by Gasteiger charge is -2.07. The first-order valence-electron chi connectivity index (χ1n) is 5.81. The highest BCUT2D eigenvalue weighted by Gasteiger charge is 2.26. The van der Waals surface area contributed by atoms with Crippen LogP contribution in [0.5, 0.6) is 0 Å². The molecular formula is C12H7BrCl2N2O2S3. The van der Waals surface area contributed by atoms with E-state index in [2.05, 4.69) is 25.6 Å². The van der Waals surface area contributed by atoms with Gasteiger partial charge in [0.15, 0.2) is 0 Å². The maximum atomic E-state index is 12.5. The van der Waals surface area contributed by atoms with Crippen molar-refractivity contribution in [2.24, 2.45) is 0 Å². The number of halogens is 3. The number of nitrogens with one attached hydrogen (secondary N) is 1. The SMILES string of the molecule is Cc1nc2cc(NS(=O)(=O)c3c(Cl)sc(Cl)c3Br)ccc2s1. The molecule has 22 heavy (non-hydrogen) atoms. The first-order valence-corrected chi connectivity index (χ1v) is 10.5. The van der Waals surface area contributed by atoms with Crippen LogP contribution < -0.4 is 4.72 Å². The summed E-state index contributed by atoms with van der Waals surface area (Å²) >= 11 is 17.6. The molecule has 0 amide bonds. The van der Waals surface area contributed by atoms with Crippen molar-refractivity contribution < 1.29 is 8.42 Å². The van der Waals surface area contributed by atoms with Gasteiger partial charge in [0, 0.05) is 0 Å². The summed E-state index contributed by atoms with van der Waals surface area (Å²) in [7, 11) is -3.84. The third-order valence-corrected chi connectivity index (χ3v) is 8.54. The third kappa shape index (κ3) is 3.00. The van der Waals surface area contributed by atoms with Gasteiger partial charge in [0.2, 0.25) is 0 Å². The van der Waals surface area contributed by atoms with Crippen LogP contribution in [0.3, 0.4) is 0 Å². The molecule has 0 fully saturated rings. The van der Waals surface area contributed by atoms with Crippen LogP contribution >= 0.6 is 61.8 Å². The van der Waals surface area contributed by atoms with Crippen molar-refractivity contribution in [2.45, 2.75) is 11.8 Å². The number of fused-ring (bicyclic) bond motifs is 1. The molecule has 0 aliphatic rings. The number of hydrogen-bond donors (Lipinski definition) is 1. The molecule has 0 saturated heterocycles. The first kappa shape index (κ1) is 16.5. The third-order valence-electron chi connectivity index (χ3n) is 2.75. The van der Waals surface area contributed by atoms with Gasteiger partial charge in [-0.05, 0) is 41.1 Å². The zero-order valence-electron chi connectivity index (χ0n) is 10.9. The maximum absolute atomic E-state index is 12.5. The molecule has 116 valence electrons. The summed E-state index contributed by atoms with van der Waals surface area (Å²) in [6.07, 6.45) is 0. The summed E-state index contributed by atoms with van der Waals surface area (Å²) < 4.78 is 29.2. The van der Waals surface area contributed by atoms with Crippen molar-refractivity contribution in [3.8, 4) is 0 Å². The van der Waals surface area contributed by atoms with E-state index in [0.29, 0.717) is 5.69 Å². The largest absolute Gasteiger partial charge is 0.279 e. The molecule has 2 aromatic heterocycles. The van der Waals surface area contributed by atoms with E-state index >= 15 is 0 Å². The molecule has 10 heteroatoms. The van der Waals surface area contributed by atoms with E-state index in [-0.39, 0.29) is 18.0 Å². The summed E-state index contributed by atoms with van der Waals surface area (Å²) in [5, 5.41) is 0.922. The molecule has 0 aliphatic carbocycles. The van der Waals surface area contributed by atoms with E-state index < -0.39 is 10.0 Å². The lowest BCUT2D eigenvalue weighted by atomic mass is 10.3. The highest BCUT2D eigenvalue weighted by molar-refractivity contribution is 9.10. The first-order chi connectivity index (χ1) is 10.3. The Bertz CT molecular complexity index is 982. The monoisotopic (exact) mass is 456 g/mol. The molecular weight excluding hydrogens is 451 g/mol. The Hall–Kier alpha value is -0.380. The number of hydrogen-bond acceptors (Lipinski definition) is 5. The second-order valence-electron chi connectivity index (χ2n) is 4.31. The zero-order chi connectivity index (χ0) is 16.1. The molecule has 1 aromatic carbocycles. The van der Waals surface area contributed by atoms with Gasteiger partial charge in [-0.25, -0.2) is 13.4 Å². The van der Waals surface area contributed by atoms with Crippen LogP contribution in [0, 0.1) is 6.92 Å². The Labute approximate surface area is 153 Å². The van der Waals surface area contributed by atoms with Gasteiger partial charge < -0.3 is 0 Å². The summed E-state index contributed by atoms with van der Waals surface area (Å²) in [6.45, 7) is 1.90. The van der Waals surface area contributed by atoms with Crippen molar-refractivity contribution in [3.05, 3.63) is 36.4 Å². The number of thiophene rings is 1. The Morgan fingerprint density at radius 2 is 1.95 bits per heavy atom. The van der Waals surface area contributed by atoms with Crippen LogP contribution in [-0.2, 0) is 10.0 Å². The number of sulfonamides is 1. The number of aromatic nitrogens is 1. The Balaban J connectivity index is 2.02. The lowest BCUT2D eigenvalue weighted by Crippen LogP contribution is -2.13. The summed E-state index contributed by atoms with van der Waals surface area (Å²) in [5.41, 5.74) is 1.17. The van der Waals surface area contributed by atoms with Crippen LogP contribution in [0.15, 0.2) is 27.6 Å². The Morgan fingerprint density at radius 1 is 1.23 bits per heavy atom. The number of rotatable bonds is 3.